The molecule has 4 heteroatoms. The SMILES string of the molecule is Cc1cnccc1CNCC(=O)OC(C)(C)C. The Kier molecular flexibility index (Phi) is 4.63. The smallest absolute Gasteiger partial charge is 0.320 e. The Morgan fingerprint density at radius 1 is 1.47 bits per heavy atom. The zero-order chi connectivity index (χ0) is 12.9. The third kappa shape index (κ3) is 5.45. The molecule has 0 aliphatic heterocycles. The average molecular weight is 236 g/mol. The number of carbonyl (C=O) groups is 1. The molecule has 0 saturated heterocycles. The highest BCUT2D eigenvalue weighted by Crippen LogP contribution is 2.07. The van der Waals surface area contributed by atoms with Gasteiger partial charge in [-0.3, -0.25) is 9.78 Å². The first kappa shape index (κ1) is 13.6. The Balaban J connectivity index is 2.34. The van der Waals surface area contributed by atoms with Gasteiger partial charge in [-0.15, -0.1) is 0 Å². The van der Waals surface area contributed by atoms with Gasteiger partial charge in [-0.25, -0.2) is 0 Å². The van der Waals surface area contributed by atoms with Crippen LogP contribution in [-0.4, -0.2) is 23.1 Å². The first-order chi connectivity index (χ1) is 7.88. The third-order valence-corrected chi connectivity index (χ3v) is 2.14. The van der Waals surface area contributed by atoms with Crippen LogP contribution in [0.2, 0.25) is 0 Å². The van der Waals surface area contributed by atoms with E-state index in [0.717, 1.165) is 11.1 Å². The van der Waals surface area contributed by atoms with Gasteiger partial charge >= 0.3 is 5.97 Å². The van der Waals surface area contributed by atoms with Crippen molar-refractivity contribution in [2.75, 3.05) is 6.54 Å². The quantitative estimate of drug-likeness (QED) is 0.810. The molecule has 1 aromatic heterocycles. The van der Waals surface area contributed by atoms with Crippen molar-refractivity contribution in [1.29, 1.82) is 0 Å². The third-order valence-electron chi connectivity index (χ3n) is 2.14. The van der Waals surface area contributed by atoms with E-state index >= 15 is 0 Å². The van der Waals surface area contributed by atoms with Gasteiger partial charge in [-0.1, -0.05) is 0 Å². The second-order valence-electron chi connectivity index (χ2n) is 4.99. The molecule has 0 saturated carbocycles. The number of nitrogens with one attached hydrogen (secondary N) is 1. The lowest BCUT2D eigenvalue weighted by Crippen LogP contribution is -2.31. The molecule has 1 heterocycles. The lowest BCUT2D eigenvalue weighted by molar-refractivity contribution is -0.153. The van der Waals surface area contributed by atoms with E-state index in [2.05, 4.69) is 10.3 Å². The number of aryl methyl sites for hydroxylation is 1. The summed E-state index contributed by atoms with van der Waals surface area (Å²) in [5, 5.41) is 3.06. The minimum atomic E-state index is -0.425. The number of hydrogen-bond acceptors (Lipinski definition) is 4. The van der Waals surface area contributed by atoms with Crippen molar-refractivity contribution in [1.82, 2.24) is 10.3 Å². The zero-order valence-electron chi connectivity index (χ0n) is 10.9. The Bertz CT molecular complexity index is 383. The van der Waals surface area contributed by atoms with Crippen molar-refractivity contribution in [3.63, 3.8) is 0 Å². The first-order valence-electron chi connectivity index (χ1n) is 5.70. The van der Waals surface area contributed by atoms with Crippen LogP contribution in [0.1, 0.15) is 31.9 Å². The van der Waals surface area contributed by atoms with Crippen LogP contribution in [0, 0.1) is 6.92 Å². The number of ether oxygens (including phenoxy) is 1. The maximum absolute atomic E-state index is 11.4. The van der Waals surface area contributed by atoms with Gasteiger partial charge in [0.1, 0.15) is 5.60 Å². The zero-order valence-corrected chi connectivity index (χ0v) is 10.9. The molecular formula is C13H20N2O2. The van der Waals surface area contributed by atoms with Crippen LogP contribution in [0.15, 0.2) is 18.5 Å². The average Bonchev–Trinajstić information content (AvgIpc) is 2.18. The minimum absolute atomic E-state index is 0.221. The fourth-order valence-electron chi connectivity index (χ4n) is 1.38. The summed E-state index contributed by atoms with van der Waals surface area (Å²) in [5.74, 6) is -0.232. The summed E-state index contributed by atoms with van der Waals surface area (Å²) in [4.78, 5) is 15.5. The predicted octanol–water partition coefficient (Wildman–Crippen LogP) is 1.82. The second-order valence-corrected chi connectivity index (χ2v) is 4.99. The molecule has 1 N–H and O–H groups in total. The number of esters is 1. The summed E-state index contributed by atoms with van der Waals surface area (Å²) >= 11 is 0. The lowest BCUT2D eigenvalue weighted by Gasteiger charge is -2.19. The normalized spacial score (nSPS) is 11.3. The molecular weight excluding hydrogens is 216 g/mol. The molecule has 0 bridgehead atoms. The molecule has 0 amide bonds. The molecule has 1 aromatic rings. The molecule has 0 aromatic carbocycles. The second kappa shape index (κ2) is 5.77. The number of pyridine rings is 1. The standard InChI is InChI=1S/C13H20N2O2/c1-10-7-14-6-5-11(10)8-15-9-12(16)17-13(2,3)4/h5-7,15H,8-9H2,1-4H3. The fourth-order valence-corrected chi connectivity index (χ4v) is 1.38. The highest BCUT2D eigenvalue weighted by Gasteiger charge is 2.15. The fraction of sp³-hybridized carbons (Fsp3) is 0.538. The molecule has 4 nitrogen and oxygen atoms in total. The molecule has 17 heavy (non-hydrogen) atoms. The summed E-state index contributed by atoms with van der Waals surface area (Å²) in [6, 6.07) is 1.94. The van der Waals surface area contributed by atoms with E-state index in [1.807, 2.05) is 40.0 Å². The number of nitrogens with zero attached hydrogens (tertiary/aromatic N) is 1. The lowest BCUT2D eigenvalue weighted by atomic mass is 10.1. The van der Waals surface area contributed by atoms with Gasteiger partial charge < -0.3 is 10.1 Å². The summed E-state index contributed by atoms with van der Waals surface area (Å²) in [6.07, 6.45) is 3.56. The summed E-state index contributed by atoms with van der Waals surface area (Å²) in [6.45, 7) is 8.44. The van der Waals surface area contributed by atoms with Crippen LogP contribution < -0.4 is 5.32 Å². The van der Waals surface area contributed by atoms with Gasteiger partial charge in [0.2, 0.25) is 0 Å². The molecule has 0 atom stereocenters. The van der Waals surface area contributed by atoms with Gasteiger partial charge in [0.05, 0.1) is 6.54 Å². The Labute approximate surface area is 102 Å². The maximum Gasteiger partial charge on any atom is 0.320 e. The first-order valence-corrected chi connectivity index (χ1v) is 5.70. The van der Waals surface area contributed by atoms with E-state index in [0.29, 0.717) is 6.54 Å². The van der Waals surface area contributed by atoms with Crippen molar-refractivity contribution in [3.05, 3.63) is 29.6 Å². The molecule has 0 spiro atoms. The molecule has 0 radical (unpaired) electrons. The van der Waals surface area contributed by atoms with E-state index in [1.54, 1.807) is 6.20 Å². The Morgan fingerprint density at radius 3 is 2.76 bits per heavy atom. The number of carbonyl (C=O) groups excluding carboxylic acids is 1. The van der Waals surface area contributed by atoms with Gasteiger partial charge in [-0.05, 0) is 44.9 Å². The Morgan fingerprint density at radius 2 is 2.18 bits per heavy atom. The molecule has 0 aliphatic carbocycles. The largest absolute Gasteiger partial charge is 0.459 e. The molecule has 0 unspecified atom stereocenters. The summed E-state index contributed by atoms with van der Waals surface area (Å²) < 4.78 is 5.19. The van der Waals surface area contributed by atoms with E-state index in [-0.39, 0.29) is 12.5 Å². The Hall–Kier alpha value is -1.42. The number of rotatable bonds is 4. The van der Waals surface area contributed by atoms with Crippen molar-refractivity contribution in [2.24, 2.45) is 0 Å². The maximum atomic E-state index is 11.4. The number of hydrogen-bond donors (Lipinski definition) is 1. The molecule has 0 fully saturated rings. The highest BCUT2D eigenvalue weighted by molar-refractivity contribution is 5.72. The van der Waals surface area contributed by atoms with Gasteiger partial charge in [0.25, 0.3) is 0 Å². The van der Waals surface area contributed by atoms with Crippen molar-refractivity contribution in [2.45, 2.75) is 39.8 Å². The minimum Gasteiger partial charge on any atom is -0.459 e. The van der Waals surface area contributed by atoms with Crippen LogP contribution in [0.25, 0.3) is 0 Å². The molecule has 94 valence electrons. The molecule has 0 aliphatic rings. The van der Waals surface area contributed by atoms with Crippen LogP contribution in [0.3, 0.4) is 0 Å². The topological polar surface area (TPSA) is 51.2 Å². The van der Waals surface area contributed by atoms with Crippen molar-refractivity contribution in [3.8, 4) is 0 Å². The monoisotopic (exact) mass is 236 g/mol. The molecule has 1 rings (SSSR count). The van der Waals surface area contributed by atoms with Crippen LogP contribution in [-0.2, 0) is 16.1 Å². The van der Waals surface area contributed by atoms with Crippen LogP contribution >= 0.6 is 0 Å². The van der Waals surface area contributed by atoms with Gasteiger partial charge in [0, 0.05) is 18.9 Å². The summed E-state index contributed by atoms with van der Waals surface area (Å²) in [7, 11) is 0. The van der Waals surface area contributed by atoms with E-state index < -0.39 is 5.60 Å². The van der Waals surface area contributed by atoms with Crippen molar-refractivity contribution < 1.29 is 9.53 Å². The van der Waals surface area contributed by atoms with E-state index in [9.17, 15) is 4.79 Å². The predicted molar refractivity (Wildman–Crippen MR) is 66.5 cm³/mol. The van der Waals surface area contributed by atoms with Crippen molar-refractivity contribution >= 4 is 5.97 Å². The number of aromatic nitrogens is 1. The van der Waals surface area contributed by atoms with Crippen LogP contribution in [0.5, 0.6) is 0 Å². The van der Waals surface area contributed by atoms with Gasteiger partial charge in [-0.2, -0.15) is 0 Å². The highest BCUT2D eigenvalue weighted by atomic mass is 16.6. The van der Waals surface area contributed by atoms with E-state index in [1.165, 1.54) is 0 Å². The van der Waals surface area contributed by atoms with E-state index in [4.69, 9.17) is 4.74 Å². The summed E-state index contributed by atoms with van der Waals surface area (Å²) in [5.41, 5.74) is 1.83. The van der Waals surface area contributed by atoms with Gasteiger partial charge in [0.15, 0.2) is 0 Å². The van der Waals surface area contributed by atoms with Crippen LogP contribution in [0.4, 0.5) is 0 Å².